The number of nitrogens with one attached hydrogen (secondary N) is 2. The van der Waals surface area contributed by atoms with Crippen LogP contribution in [-0.4, -0.2) is 88.8 Å². The fourth-order valence-electron chi connectivity index (χ4n) is 5.69. The lowest BCUT2D eigenvalue weighted by Gasteiger charge is -2.46. The number of nitrogens with zero attached hydrogens (tertiary/aromatic N) is 5. The number of carbonyl (C=O) groups is 1. The molecule has 0 bridgehead atoms. The van der Waals surface area contributed by atoms with Crippen molar-refractivity contribution in [1.29, 1.82) is 0 Å². The van der Waals surface area contributed by atoms with Gasteiger partial charge in [-0.2, -0.15) is 31.4 Å². The van der Waals surface area contributed by atoms with E-state index in [0.717, 1.165) is 18.5 Å². The Kier molecular flexibility index (Phi) is 7.78. The molecule has 0 radical (unpaired) electrons. The van der Waals surface area contributed by atoms with Crippen LogP contribution in [0, 0.1) is 5.92 Å². The van der Waals surface area contributed by atoms with Crippen molar-refractivity contribution in [1.82, 2.24) is 25.0 Å². The van der Waals surface area contributed by atoms with Gasteiger partial charge in [0, 0.05) is 44.3 Å². The highest BCUT2D eigenvalue weighted by molar-refractivity contribution is 5.79. The Hall–Kier alpha value is -3.56. The third-order valence-electron chi connectivity index (χ3n) is 7.67. The zero-order valence-electron chi connectivity index (χ0n) is 22.1. The molecule has 0 saturated carbocycles. The van der Waals surface area contributed by atoms with Gasteiger partial charge in [-0.05, 0) is 38.9 Å². The van der Waals surface area contributed by atoms with Crippen LogP contribution < -0.4 is 20.5 Å². The van der Waals surface area contributed by atoms with Crippen LogP contribution >= 0.6 is 0 Å². The molecule has 0 spiro atoms. The Morgan fingerprint density at radius 2 is 1.85 bits per heavy atom. The molecule has 16 heteroatoms. The topological polar surface area (TPSA) is 107 Å². The van der Waals surface area contributed by atoms with Gasteiger partial charge >= 0.3 is 12.4 Å². The number of rotatable bonds is 5. The third-order valence-corrected chi connectivity index (χ3v) is 7.67. The summed E-state index contributed by atoms with van der Waals surface area (Å²) in [6.07, 6.45) is -6.46. The average molecular weight is 590 g/mol. The molecule has 2 saturated heterocycles. The van der Waals surface area contributed by atoms with Crippen molar-refractivity contribution >= 4 is 17.4 Å². The fraction of sp³-hybridized carbons (Fsp3) is 0.600. The van der Waals surface area contributed by atoms with Gasteiger partial charge in [0.15, 0.2) is 11.6 Å². The number of hydrogen-bond donors (Lipinski definition) is 2. The maximum Gasteiger partial charge on any atom is 0.423 e. The predicted octanol–water partition coefficient (Wildman–Crippen LogP) is 2.82. The number of ether oxygens (including phenoxy) is 1. The van der Waals surface area contributed by atoms with Crippen LogP contribution in [-0.2, 0) is 17.1 Å². The third kappa shape index (κ3) is 6.21. The summed E-state index contributed by atoms with van der Waals surface area (Å²) in [6, 6.07) is 0.305. The number of fused-ring (bicyclic) bond motifs is 3. The van der Waals surface area contributed by atoms with Gasteiger partial charge in [0.05, 0.1) is 23.5 Å². The maximum atomic E-state index is 13.3. The minimum Gasteiger partial charge on any atom is -0.487 e. The van der Waals surface area contributed by atoms with Crippen LogP contribution in [0.3, 0.4) is 0 Å². The van der Waals surface area contributed by atoms with E-state index in [4.69, 9.17) is 4.74 Å². The van der Waals surface area contributed by atoms with Gasteiger partial charge < -0.3 is 24.8 Å². The number of hydrogen-bond acceptors (Lipinski definition) is 8. The lowest BCUT2D eigenvalue weighted by atomic mass is 9.94. The number of aromatic amines is 1. The Morgan fingerprint density at radius 3 is 2.54 bits per heavy atom. The standard InChI is InChI=1S/C25H29F6N7O3/c1-14(34-18-10-33-35-22(39)20(18)25(29,30)31)11-36-4-2-15(3-5-36)23(40)37-6-7-38-17(12-37)13-41-19-8-16(24(26,27)28)9-32-21(19)38/h8-10,14-15,17H,2-7,11-13H2,1H3,(H2,34,35,39)/t14-,17-/m0/s1. The molecule has 0 unspecified atom stereocenters. The molecule has 5 rings (SSSR count). The summed E-state index contributed by atoms with van der Waals surface area (Å²) in [4.78, 5) is 34.7. The first-order valence-electron chi connectivity index (χ1n) is 13.2. The van der Waals surface area contributed by atoms with E-state index in [1.807, 2.05) is 10.00 Å². The summed E-state index contributed by atoms with van der Waals surface area (Å²) in [5.41, 5.74) is -3.90. The molecule has 41 heavy (non-hydrogen) atoms. The molecule has 1 amide bonds. The smallest absolute Gasteiger partial charge is 0.423 e. The molecular formula is C25H29F6N7O3. The van der Waals surface area contributed by atoms with E-state index in [1.165, 1.54) is 0 Å². The van der Waals surface area contributed by atoms with Crippen LogP contribution in [0.15, 0.2) is 23.3 Å². The number of alkyl halides is 6. The first kappa shape index (κ1) is 29.0. The molecule has 224 valence electrons. The van der Waals surface area contributed by atoms with Gasteiger partial charge in [-0.25, -0.2) is 10.1 Å². The van der Waals surface area contributed by atoms with E-state index < -0.39 is 35.1 Å². The van der Waals surface area contributed by atoms with E-state index in [-0.39, 0.29) is 35.9 Å². The predicted molar refractivity (Wildman–Crippen MR) is 135 cm³/mol. The van der Waals surface area contributed by atoms with Gasteiger partial charge in [0.2, 0.25) is 5.91 Å². The molecule has 3 aliphatic rings. The number of likely N-dealkylation sites (tertiary alicyclic amines) is 1. The monoisotopic (exact) mass is 589 g/mol. The van der Waals surface area contributed by atoms with Crippen LogP contribution in [0.2, 0.25) is 0 Å². The lowest BCUT2D eigenvalue weighted by Crippen LogP contribution is -2.60. The second-order valence-corrected chi connectivity index (χ2v) is 10.6. The number of H-pyrrole nitrogens is 1. The summed E-state index contributed by atoms with van der Waals surface area (Å²) in [7, 11) is 0. The van der Waals surface area contributed by atoms with Crippen molar-refractivity contribution in [2.75, 3.05) is 56.1 Å². The average Bonchev–Trinajstić information content (AvgIpc) is 2.91. The van der Waals surface area contributed by atoms with Crippen LogP contribution in [0.1, 0.15) is 30.9 Å². The molecule has 3 aliphatic heterocycles. The van der Waals surface area contributed by atoms with E-state index in [1.54, 1.807) is 11.8 Å². The van der Waals surface area contributed by atoms with Crippen LogP contribution in [0.25, 0.3) is 0 Å². The summed E-state index contributed by atoms with van der Waals surface area (Å²) in [6.45, 7) is 4.61. The molecule has 2 fully saturated rings. The molecule has 2 N–H and O–H groups in total. The second kappa shape index (κ2) is 11.0. The highest BCUT2D eigenvalue weighted by Gasteiger charge is 2.40. The molecule has 2 atom stereocenters. The molecular weight excluding hydrogens is 560 g/mol. The molecule has 0 aliphatic carbocycles. The largest absolute Gasteiger partial charge is 0.487 e. The Morgan fingerprint density at radius 1 is 1.12 bits per heavy atom. The van der Waals surface area contributed by atoms with E-state index in [0.29, 0.717) is 57.9 Å². The number of carbonyl (C=O) groups excluding carboxylic acids is 1. The van der Waals surface area contributed by atoms with Crippen molar-refractivity contribution in [2.24, 2.45) is 5.92 Å². The Labute approximate surface area is 230 Å². The summed E-state index contributed by atoms with van der Waals surface area (Å²) >= 11 is 0. The summed E-state index contributed by atoms with van der Waals surface area (Å²) in [5.74, 6) is 0.220. The van der Waals surface area contributed by atoms with Crippen molar-refractivity contribution in [3.05, 3.63) is 39.9 Å². The number of anilines is 2. The summed E-state index contributed by atoms with van der Waals surface area (Å²) in [5, 5.41) is 8.02. The number of amides is 1. The molecule has 2 aromatic heterocycles. The van der Waals surface area contributed by atoms with E-state index in [9.17, 15) is 35.9 Å². The van der Waals surface area contributed by atoms with Gasteiger partial charge in [-0.3, -0.25) is 9.59 Å². The molecule has 5 heterocycles. The Bertz CT molecular complexity index is 1330. The zero-order valence-corrected chi connectivity index (χ0v) is 22.1. The molecule has 10 nitrogen and oxygen atoms in total. The molecule has 0 aromatic carbocycles. The minimum atomic E-state index is -4.83. The molecule has 2 aromatic rings. The highest BCUT2D eigenvalue weighted by atomic mass is 19.4. The quantitative estimate of drug-likeness (QED) is 0.513. The Balaban J connectivity index is 1.12. The number of piperazine rings is 1. The van der Waals surface area contributed by atoms with Crippen molar-refractivity contribution in [3.8, 4) is 5.75 Å². The van der Waals surface area contributed by atoms with Gasteiger partial charge in [0.25, 0.3) is 5.56 Å². The van der Waals surface area contributed by atoms with Gasteiger partial charge in [-0.15, -0.1) is 0 Å². The summed E-state index contributed by atoms with van der Waals surface area (Å²) < 4.78 is 84.7. The van der Waals surface area contributed by atoms with Crippen LogP contribution in [0.4, 0.5) is 37.8 Å². The number of piperidine rings is 1. The van der Waals surface area contributed by atoms with E-state index in [2.05, 4.69) is 20.3 Å². The van der Waals surface area contributed by atoms with Crippen molar-refractivity contribution in [2.45, 2.75) is 44.2 Å². The maximum absolute atomic E-state index is 13.3. The minimum absolute atomic E-state index is 0.00560. The van der Waals surface area contributed by atoms with Crippen molar-refractivity contribution in [3.63, 3.8) is 0 Å². The normalized spacial score (nSPS) is 21.1. The lowest BCUT2D eigenvalue weighted by molar-refractivity contribution is -0.139. The zero-order chi connectivity index (χ0) is 29.5. The van der Waals surface area contributed by atoms with Crippen molar-refractivity contribution < 1.29 is 35.9 Å². The SMILES string of the molecule is C[C@@H](CN1CCC(C(=O)N2CCN3c4ncc(C(F)(F)F)cc4OC[C@@H]3C2)CC1)Nc1cn[nH]c(=O)c1C(F)(F)F. The van der Waals surface area contributed by atoms with E-state index >= 15 is 0 Å². The number of halogens is 6. The van der Waals surface area contributed by atoms with Gasteiger partial charge in [0.1, 0.15) is 12.2 Å². The highest BCUT2D eigenvalue weighted by Crippen LogP contribution is 2.38. The van der Waals surface area contributed by atoms with Gasteiger partial charge in [-0.1, -0.05) is 0 Å². The second-order valence-electron chi connectivity index (χ2n) is 10.6. The number of pyridine rings is 1. The first-order valence-corrected chi connectivity index (χ1v) is 13.2. The number of aromatic nitrogens is 3. The fourth-order valence-corrected chi connectivity index (χ4v) is 5.69. The first-order chi connectivity index (χ1) is 19.3. The van der Waals surface area contributed by atoms with Crippen LogP contribution in [0.5, 0.6) is 5.75 Å².